The molecule has 1 unspecified atom stereocenters. The second-order valence-electron chi connectivity index (χ2n) is 6.15. The number of rotatable bonds is 8. The lowest BCUT2D eigenvalue weighted by atomic mass is 9.88. The summed E-state index contributed by atoms with van der Waals surface area (Å²) in [4.78, 5) is 14.6. The molecular formula is C18H31Cl2N3O. The van der Waals surface area contributed by atoms with Crippen LogP contribution in [0.3, 0.4) is 0 Å². The number of nitrogens with zero attached hydrogens (tertiary/aromatic N) is 1. The Hall–Kier alpha value is -0.810. The van der Waals surface area contributed by atoms with E-state index in [-0.39, 0.29) is 36.6 Å². The van der Waals surface area contributed by atoms with Gasteiger partial charge in [-0.3, -0.25) is 9.69 Å². The van der Waals surface area contributed by atoms with Crippen LogP contribution >= 0.6 is 24.8 Å². The third kappa shape index (κ3) is 6.25. The molecule has 24 heavy (non-hydrogen) atoms. The molecule has 1 aromatic carbocycles. The molecule has 0 spiro atoms. The Morgan fingerprint density at radius 1 is 1.21 bits per heavy atom. The standard InChI is InChI=1S/C18H29N3O.2ClH/c1-4-21(5-2)13-16-9-7-6-8-15(16)12-20-18(22)14(3)17-10-19-11-17;;/h6-9,14,17,19H,4-5,10-13H2,1-3H3,(H,20,22);2*1H. The number of nitrogens with one attached hydrogen (secondary N) is 2. The third-order valence-electron chi connectivity index (χ3n) is 4.79. The van der Waals surface area contributed by atoms with E-state index in [1.165, 1.54) is 11.1 Å². The molecule has 1 aliphatic rings. The van der Waals surface area contributed by atoms with Gasteiger partial charge in [0.1, 0.15) is 0 Å². The summed E-state index contributed by atoms with van der Waals surface area (Å²) < 4.78 is 0. The first-order valence-electron chi connectivity index (χ1n) is 8.43. The monoisotopic (exact) mass is 375 g/mol. The van der Waals surface area contributed by atoms with Crippen molar-refractivity contribution >= 4 is 30.7 Å². The van der Waals surface area contributed by atoms with E-state index < -0.39 is 0 Å². The number of benzene rings is 1. The highest BCUT2D eigenvalue weighted by molar-refractivity contribution is 5.85. The summed E-state index contributed by atoms with van der Waals surface area (Å²) in [5.74, 6) is 0.756. The number of carbonyl (C=O) groups excluding carboxylic acids is 1. The topological polar surface area (TPSA) is 44.4 Å². The molecule has 1 aromatic rings. The second-order valence-corrected chi connectivity index (χ2v) is 6.15. The Morgan fingerprint density at radius 2 is 1.79 bits per heavy atom. The van der Waals surface area contributed by atoms with Crippen LogP contribution in [0.2, 0.25) is 0 Å². The fraction of sp³-hybridized carbons (Fsp3) is 0.611. The van der Waals surface area contributed by atoms with E-state index in [4.69, 9.17) is 0 Å². The minimum atomic E-state index is 0. The van der Waals surface area contributed by atoms with Crippen molar-refractivity contribution in [1.29, 1.82) is 0 Å². The van der Waals surface area contributed by atoms with E-state index in [2.05, 4.69) is 47.6 Å². The molecule has 2 N–H and O–H groups in total. The van der Waals surface area contributed by atoms with Gasteiger partial charge in [-0.05, 0) is 43.2 Å². The highest BCUT2D eigenvalue weighted by atomic mass is 35.5. The molecular weight excluding hydrogens is 345 g/mol. The van der Waals surface area contributed by atoms with Crippen molar-refractivity contribution in [1.82, 2.24) is 15.5 Å². The molecule has 1 atom stereocenters. The molecule has 0 bridgehead atoms. The van der Waals surface area contributed by atoms with Gasteiger partial charge in [0, 0.05) is 19.0 Å². The molecule has 1 aliphatic heterocycles. The minimum Gasteiger partial charge on any atom is -0.352 e. The number of hydrogen-bond donors (Lipinski definition) is 2. The van der Waals surface area contributed by atoms with E-state index in [1.807, 2.05) is 13.0 Å². The fourth-order valence-corrected chi connectivity index (χ4v) is 2.79. The quantitative estimate of drug-likeness (QED) is 0.733. The first-order valence-corrected chi connectivity index (χ1v) is 8.43. The number of halogens is 2. The molecule has 0 saturated carbocycles. The van der Waals surface area contributed by atoms with E-state index in [1.54, 1.807) is 0 Å². The third-order valence-corrected chi connectivity index (χ3v) is 4.79. The van der Waals surface area contributed by atoms with Gasteiger partial charge in [-0.1, -0.05) is 45.0 Å². The molecule has 1 saturated heterocycles. The number of hydrogen-bond acceptors (Lipinski definition) is 3. The Labute approximate surface area is 158 Å². The molecule has 0 radical (unpaired) electrons. The van der Waals surface area contributed by atoms with Crippen LogP contribution in [-0.2, 0) is 17.9 Å². The lowest BCUT2D eigenvalue weighted by Crippen LogP contribution is -2.49. The maximum atomic E-state index is 12.2. The van der Waals surface area contributed by atoms with Crippen molar-refractivity contribution in [2.75, 3.05) is 26.2 Å². The largest absolute Gasteiger partial charge is 0.352 e. The Kier molecular flexibility index (Phi) is 11.3. The summed E-state index contributed by atoms with van der Waals surface area (Å²) in [5, 5.41) is 6.34. The predicted molar refractivity (Wildman–Crippen MR) is 105 cm³/mol. The van der Waals surface area contributed by atoms with Crippen molar-refractivity contribution in [3.63, 3.8) is 0 Å². The molecule has 2 rings (SSSR count). The highest BCUT2D eigenvalue weighted by Gasteiger charge is 2.28. The summed E-state index contributed by atoms with van der Waals surface area (Å²) in [6.07, 6.45) is 0. The van der Waals surface area contributed by atoms with Crippen LogP contribution in [0.25, 0.3) is 0 Å². The fourth-order valence-electron chi connectivity index (χ4n) is 2.79. The summed E-state index contributed by atoms with van der Waals surface area (Å²) >= 11 is 0. The van der Waals surface area contributed by atoms with Gasteiger partial charge in [-0.2, -0.15) is 0 Å². The van der Waals surface area contributed by atoms with Crippen molar-refractivity contribution < 1.29 is 4.79 Å². The molecule has 0 aliphatic carbocycles. The molecule has 6 heteroatoms. The van der Waals surface area contributed by atoms with Crippen LogP contribution < -0.4 is 10.6 Å². The lowest BCUT2D eigenvalue weighted by Gasteiger charge is -2.31. The van der Waals surface area contributed by atoms with E-state index >= 15 is 0 Å². The summed E-state index contributed by atoms with van der Waals surface area (Å²) in [6, 6.07) is 8.41. The zero-order valence-electron chi connectivity index (χ0n) is 14.9. The molecule has 1 heterocycles. The molecule has 4 nitrogen and oxygen atoms in total. The smallest absolute Gasteiger partial charge is 0.223 e. The normalized spacial score (nSPS) is 15.0. The molecule has 1 amide bonds. The van der Waals surface area contributed by atoms with Gasteiger partial charge in [0.25, 0.3) is 0 Å². The Morgan fingerprint density at radius 3 is 2.29 bits per heavy atom. The molecule has 138 valence electrons. The van der Waals surface area contributed by atoms with Crippen LogP contribution in [-0.4, -0.2) is 37.0 Å². The van der Waals surface area contributed by atoms with Crippen LogP contribution in [0.5, 0.6) is 0 Å². The Bertz CT molecular complexity index is 491. The maximum absolute atomic E-state index is 12.2. The van der Waals surface area contributed by atoms with Crippen LogP contribution in [0.4, 0.5) is 0 Å². The average Bonchev–Trinajstić information content (AvgIpc) is 2.49. The maximum Gasteiger partial charge on any atom is 0.223 e. The summed E-state index contributed by atoms with van der Waals surface area (Å²) in [7, 11) is 0. The van der Waals surface area contributed by atoms with E-state index in [0.717, 1.165) is 32.7 Å². The minimum absolute atomic E-state index is 0. The first-order chi connectivity index (χ1) is 10.7. The van der Waals surface area contributed by atoms with Crippen molar-refractivity contribution in [3.8, 4) is 0 Å². The van der Waals surface area contributed by atoms with Gasteiger partial charge in [-0.25, -0.2) is 0 Å². The highest BCUT2D eigenvalue weighted by Crippen LogP contribution is 2.17. The predicted octanol–water partition coefficient (Wildman–Crippen LogP) is 2.84. The van der Waals surface area contributed by atoms with Gasteiger partial charge in [0.05, 0.1) is 0 Å². The molecule has 1 fully saturated rings. The number of amides is 1. The molecule has 0 aromatic heterocycles. The zero-order valence-corrected chi connectivity index (χ0v) is 16.5. The average molecular weight is 376 g/mol. The van der Waals surface area contributed by atoms with Gasteiger partial charge in [-0.15, -0.1) is 24.8 Å². The van der Waals surface area contributed by atoms with Gasteiger partial charge in [0.2, 0.25) is 5.91 Å². The second kappa shape index (κ2) is 11.7. The van der Waals surface area contributed by atoms with Gasteiger partial charge >= 0.3 is 0 Å². The van der Waals surface area contributed by atoms with Crippen LogP contribution in [0.15, 0.2) is 24.3 Å². The first kappa shape index (κ1) is 23.2. The van der Waals surface area contributed by atoms with E-state index in [0.29, 0.717) is 12.5 Å². The van der Waals surface area contributed by atoms with Crippen LogP contribution in [0, 0.1) is 11.8 Å². The van der Waals surface area contributed by atoms with Crippen LogP contribution in [0.1, 0.15) is 31.9 Å². The van der Waals surface area contributed by atoms with Crippen molar-refractivity contribution in [2.24, 2.45) is 11.8 Å². The number of carbonyl (C=O) groups is 1. The van der Waals surface area contributed by atoms with Crippen molar-refractivity contribution in [3.05, 3.63) is 35.4 Å². The Balaban J connectivity index is 0.00000264. The van der Waals surface area contributed by atoms with Crippen molar-refractivity contribution in [2.45, 2.75) is 33.9 Å². The van der Waals surface area contributed by atoms with E-state index in [9.17, 15) is 4.79 Å². The SMILES string of the molecule is CCN(CC)Cc1ccccc1CNC(=O)C(C)C1CNC1.Cl.Cl. The van der Waals surface area contributed by atoms with Gasteiger partial charge in [0.15, 0.2) is 0 Å². The summed E-state index contributed by atoms with van der Waals surface area (Å²) in [6.45, 7) is 12.0. The zero-order chi connectivity index (χ0) is 15.9. The lowest BCUT2D eigenvalue weighted by molar-refractivity contribution is -0.126. The van der Waals surface area contributed by atoms with Gasteiger partial charge < -0.3 is 10.6 Å². The summed E-state index contributed by atoms with van der Waals surface area (Å²) in [5.41, 5.74) is 2.53.